The minimum atomic E-state index is -4.82. The number of anilines is 3. The van der Waals surface area contributed by atoms with Gasteiger partial charge in [-0.3, -0.25) is 4.79 Å². The average molecular weight is 485 g/mol. The second-order valence-electron chi connectivity index (χ2n) is 7.23. The first-order valence-corrected chi connectivity index (χ1v) is 10.1. The molecule has 0 amide bonds. The predicted molar refractivity (Wildman–Crippen MR) is 112 cm³/mol. The van der Waals surface area contributed by atoms with Crippen LogP contribution in [0.2, 0.25) is 5.02 Å². The number of H-pyrrole nitrogens is 1. The van der Waals surface area contributed by atoms with Crippen molar-refractivity contribution in [2.75, 3.05) is 29.5 Å². The van der Waals surface area contributed by atoms with E-state index in [0.717, 1.165) is 12.1 Å². The van der Waals surface area contributed by atoms with E-state index in [9.17, 15) is 27.5 Å². The van der Waals surface area contributed by atoms with Crippen LogP contribution >= 0.6 is 11.6 Å². The number of fused-ring (bicyclic) bond motifs is 1. The van der Waals surface area contributed by atoms with E-state index >= 15 is 0 Å². The Labute approximate surface area is 189 Å². The average Bonchev–Trinajstić information content (AvgIpc) is 2.78. The Morgan fingerprint density at radius 3 is 2.79 bits per heavy atom. The van der Waals surface area contributed by atoms with Gasteiger partial charge in [-0.25, -0.2) is 19.5 Å². The van der Waals surface area contributed by atoms with Gasteiger partial charge < -0.3 is 14.9 Å². The number of nitrogens with one attached hydrogen (secondary N) is 1. The number of rotatable bonds is 5. The van der Waals surface area contributed by atoms with E-state index in [2.05, 4.69) is 20.2 Å². The summed E-state index contributed by atoms with van der Waals surface area (Å²) in [5.41, 5.74) is -0.565. The molecule has 0 saturated carbocycles. The largest absolute Gasteiger partial charge is 0.418 e. The molecule has 13 heteroatoms. The van der Waals surface area contributed by atoms with Gasteiger partial charge in [0.05, 0.1) is 42.0 Å². The summed E-state index contributed by atoms with van der Waals surface area (Å²) in [6.45, 7) is -0.0989. The smallest absolute Gasteiger partial charge is 0.395 e. The van der Waals surface area contributed by atoms with E-state index in [1.54, 1.807) is 4.90 Å². The highest BCUT2D eigenvalue weighted by Crippen LogP contribution is 2.40. The summed E-state index contributed by atoms with van der Waals surface area (Å²) in [6, 6.07) is 2.35. The monoisotopic (exact) mass is 484 g/mol. The van der Waals surface area contributed by atoms with Gasteiger partial charge in [0, 0.05) is 18.7 Å². The fraction of sp³-hybridized carbons (Fsp3) is 0.300. The zero-order valence-electron chi connectivity index (χ0n) is 16.9. The molecule has 0 radical (unpaired) electrons. The van der Waals surface area contributed by atoms with Crippen molar-refractivity contribution in [3.8, 4) is 0 Å². The molecule has 1 aromatic carbocycles. The van der Waals surface area contributed by atoms with Gasteiger partial charge in [0.2, 0.25) is 0 Å². The first-order chi connectivity index (χ1) is 15.7. The number of halogens is 5. The molecule has 174 valence electrons. The maximum atomic E-state index is 13.7. The molecule has 33 heavy (non-hydrogen) atoms. The number of aliphatic hydroxyl groups is 1. The normalized spacial score (nSPS) is 13.7. The number of hydrogen-bond donors (Lipinski definition) is 2. The van der Waals surface area contributed by atoms with Gasteiger partial charge in [-0.05, 0) is 24.6 Å². The zero-order valence-corrected chi connectivity index (χ0v) is 17.7. The van der Waals surface area contributed by atoms with E-state index in [0.29, 0.717) is 36.0 Å². The van der Waals surface area contributed by atoms with Crippen LogP contribution in [0, 0.1) is 5.82 Å². The number of benzene rings is 1. The van der Waals surface area contributed by atoms with Crippen LogP contribution in [0.5, 0.6) is 0 Å². The molecule has 0 fully saturated rings. The maximum Gasteiger partial charge on any atom is 0.418 e. The van der Waals surface area contributed by atoms with Crippen LogP contribution in [0.15, 0.2) is 35.5 Å². The van der Waals surface area contributed by atoms with Crippen LogP contribution in [-0.4, -0.2) is 45.0 Å². The highest BCUT2D eigenvalue weighted by Gasteiger charge is 2.37. The summed E-state index contributed by atoms with van der Waals surface area (Å²) in [5.74, 6) is -0.848. The molecule has 4 rings (SSSR count). The van der Waals surface area contributed by atoms with Gasteiger partial charge in [0.15, 0.2) is 0 Å². The Bertz CT molecular complexity index is 1240. The molecule has 0 unspecified atom stereocenters. The lowest BCUT2D eigenvalue weighted by Crippen LogP contribution is -2.35. The van der Waals surface area contributed by atoms with Crippen molar-refractivity contribution >= 4 is 28.8 Å². The van der Waals surface area contributed by atoms with Crippen molar-refractivity contribution in [3.05, 3.63) is 68.7 Å². The van der Waals surface area contributed by atoms with Crippen molar-refractivity contribution in [1.82, 2.24) is 20.2 Å². The van der Waals surface area contributed by atoms with Crippen LogP contribution in [0.4, 0.5) is 34.8 Å². The van der Waals surface area contributed by atoms with Gasteiger partial charge in [-0.15, -0.1) is 0 Å². The van der Waals surface area contributed by atoms with Gasteiger partial charge in [-0.2, -0.15) is 18.3 Å². The highest BCUT2D eigenvalue weighted by molar-refractivity contribution is 6.33. The first-order valence-electron chi connectivity index (χ1n) is 9.76. The quantitative estimate of drug-likeness (QED) is 0.537. The molecule has 0 spiro atoms. The van der Waals surface area contributed by atoms with Gasteiger partial charge >= 0.3 is 6.18 Å². The van der Waals surface area contributed by atoms with Gasteiger partial charge in [-0.1, -0.05) is 11.6 Å². The SMILES string of the molecule is O=c1[nH]ncc(N2CCc3c(ncnc3N(CCO)c3ccc(F)cc3C(F)(F)F)C2)c1Cl. The number of nitrogens with zero attached hydrogens (tertiary/aromatic N) is 5. The molecule has 0 aliphatic carbocycles. The molecule has 1 aliphatic heterocycles. The lowest BCUT2D eigenvalue weighted by molar-refractivity contribution is -0.137. The predicted octanol–water partition coefficient (Wildman–Crippen LogP) is 3.06. The van der Waals surface area contributed by atoms with Crippen LogP contribution in [0.25, 0.3) is 0 Å². The molecule has 3 heterocycles. The third kappa shape index (κ3) is 4.48. The fourth-order valence-corrected chi connectivity index (χ4v) is 3.99. The minimum Gasteiger partial charge on any atom is -0.395 e. The lowest BCUT2D eigenvalue weighted by atomic mass is 10.0. The summed E-state index contributed by atoms with van der Waals surface area (Å²) >= 11 is 6.10. The Kier molecular flexibility index (Phi) is 6.21. The topological polar surface area (TPSA) is 98.2 Å². The molecule has 0 saturated heterocycles. The summed E-state index contributed by atoms with van der Waals surface area (Å²) < 4.78 is 54.6. The molecule has 2 N–H and O–H groups in total. The number of aliphatic hydroxyl groups excluding tert-OH is 1. The van der Waals surface area contributed by atoms with Crippen molar-refractivity contribution in [2.45, 2.75) is 19.1 Å². The Hall–Kier alpha value is -3.25. The van der Waals surface area contributed by atoms with Crippen LogP contribution in [-0.2, 0) is 19.1 Å². The van der Waals surface area contributed by atoms with Crippen molar-refractivity contribution in [1.29, 1.82) is 0 Å². The van der Waals surface area contributed by atoms with E-state index in [1.165, 1.54) is 17.4 Å². The van der Waals surface area contributed by atoms with Crippen molar-refractivity contribution in [3.63, 3.8) is 0 Å². The number of alkyl halides is 3. The number of aromatic amines is 1. The Morgan fingerprint density at radius 2 is 2.06 bits per heavy atom. The molecule has 2 aromatic heterocycles. The van der Waals surface area contributed by atoms with E-state index < -0.39 is 29.7 Å². The number of hydrogen-bond acceptors (Lipinski definition) is 7. The second kappa shape index (κ2) is 8.94. The highest BCUT2D eigenvalue weighted by atomic mass is 35.5. The summed E-state index contributed by atoms with van der Waals surface area (Å²) in [5, 5.41) is 15.5. The fourth-order valence-electron chi connectivity index (χ4n) is 3.78. The molecule has 3 aromatic rings. The molecule has 8 nitrogen and oxygen atoms in total. The first kappa shape index (κ1) is 22.9. The van der Waals surface area contributed by atoms with E-state index in [4.69, 9.17) is 11.6 Å². The second-order valence-corrected chi connectivity index (χ2v) is 7.60. The van der Waals surface area contributed by atoms with Crippen LogP contribution in [0.3, 0.4) is 0 Å². The molecule has 1 aliphatic rings. The molecular formula is C20H17ClF4N6O2. The summed E-state index contributed by atoms with van der Waals surface area (Å²) in [4.78, 5) is 23.2. The molecular weight excluding hydrogens is 468 g/mol. The van der Waals surface area contributed by atoms with Crippen LogP contribution in [0.1, 0.15) is 16.8 Å². The van der Waals surface area contributed by atoms with Crippen LogP contribution < -0.4 is 15.4 Å². The Balaban J connectivity index is 1.77. The van der Waals surface area contributed by atoms with Gasteiger partial charge in [0.1, 0.15) is 23.0 Å². The van der Waals surface area contributed by atoms with Gasteiger partial charge in [0.25, 0.3) is 5.56 Å². The third-order valence-corrected chi connectivity index (χ3v) is 5.60. The zero-order chi connectivity index (χ0) is 23.8. The third-order valence-electron chi connectivity index (χ3n) is 5.24. The molecule has 0 bridgehead atoms. The summed E-state index contributed by atoms with van der Waals surface area (Å²) in [7, 11) is 0. The molecule has 0 atom stereocenters. The lowest BCUT2D eigenvalue weighted by Gasteiger charge is -2.33. The van der Waals surface area contributed by atoms with E-state index in [1.807, 2.05) is 0 Å². The standard InChI is InChI=1S/C20H17ClF4N6O2/c21-17-16(8-28-29-19(17)33)30-4-3-12-14(9-30)26-10-27-18(12)31(5-6-32)15-2-1-11(22)7-13(15)20(23,24)25/h1-2,7-8,10,32H,3-6,9H2,(H,29,33). The van der Waals surface area contributed by atoms with Crippen molar-refractivity contribution < 1.29 is 22.7 Å². The summed E-state index contributed by atoms with van der Waals surface area (Å²) in [6.07, 6.45) is -1.89. The number of aromatic nitrogens is 4. The minimum absolute atomic E-state index is 0.0363. The van der Waals surface area contributed by atoms with Crippen molar-refractivity contribution in [2.24, 2.45) is 0 Å². The Morgan fingerprint density at radius 1 is 1.27 bits per heavy atom. The maximum absolute atomic E-state index is 13.7. The van der Waals surface area contributed by atoms with E-state index in [-0.39, 0.29) is 29.6 Å².